The number of rotatable bonds is 6. The summed E-state index contributed by atoms with van der Waals surface area (Å²) in [4.78, 5) is 13.1. The quantitative estimate of drug-likeness (QED) is 0.420. The van der Waals surface area contributed by atoms with Gasteiger partial charge in [0.15, 0.2) is 0 Å². The van der Waals surface area contributed by atoms with Crippen LogP contribution in [0.5, 0.6) is 0 Å². The van der Waals surface area contributed by atoms with Crippen molar-refractivity contribution in [1.29, 1.82) is 0 Å². The zero-order chi connectivity index (χ0) is 21.6. The topological polar surface area (TPSA) is 26.3 Å². The van der Waals surface area contributed by atoms with Gasteiger partial charge in [0.05, 0.1) is 18.3 Å². The van der Waals surface area contributed by atoms with E-state index in [1.807, 2.05) is 18.2 Å². The van der Waals surface area contributed by atoms with E-state index < -0.39 is 25.5 Å². The molecule has 0 spiro atoms. The van der Waals surface area contributed by atoms with Gasteiger partial charge in [-0.15, -0.1) is 0 Å². The molecule has 156 valence electrons. The molecule has 0 fully saturated rings. The molecule has 0 saturated carbocycles. The molecule has 6 heteroatoms. The molecule has 0 amide bonds. The first kappa shape index (κ1) is 21.9. The van der Waals surface area contributed by atoms with Crippen LogP contribution in [0.25, 0.3) is 0 Å². The summed E-state index contributed by atoms with van der Waals surface area (Å²) < 4.78 is 46.5. The lowest BCUT2D eigenvalue weighted by molar-refractivity contribution is -0.139. The van der Waals surface area contributed by atoms with E-state index in [4.69, 9.17) is 4.74 Å². The fourth-order valence-corrected chi connectivity index (χ4v) is 8.04. The van der Waals surface area contributed by atoms with Gasteiger partial charge in [0.1, 0.15) is 0 Å². The molecule has 0 heterocycles. The van der Waals surface area contributed by atoms with E-state index in [1.165, 1.54) is 0 Å². The molecule has 0 aromatic heterocycles. The largest absolute Gasteiger partial charge is 0.463 e. The SMILES string of the molecule is CCOC(=O)C(CC(F)(F)F)=P(c1ccccc1)(c1ccccc1)c1ccccc1. The van der Waals surface area contributed by atoms with Gasteiger partial charge in [0.25, 0.3) is 0 Å². The van der Waals surface area contributed by atoms with Crippen LogP contribution in [-0.2, 0) is 9.53 Å². The summed E-state index contributed by atoms with van der Waals surface area (Å²) in [5.41, 5.74) is 0. The average Bonchev–Trinajstić information content (AvgIpc) is 2.75. The van der Waals surface area contributed by atoms with Crippen molar-refractivity contribution in [2.75, 3.05) is 6.61 Å². The molecule has 3 aromatic rings. The van der Waals surface area contributed by atoms with Crippen LogP contribution in [0.15, 0.2) is 91.0 Å². The molecule has 0 radical (unpaired) electrons. The van der Waals surface area contributed by atoms with Gasteiger partial charge in [-0.05, 0) is 29.7 Å². The standard InChI is InChI=1S/C24H22F3O2P/c1-2-29-23(28)22(18-24(25,26)27)30(19-12-6-3-7-13-19,20-14-8-4-9-15-20)21-16-10-5-11-17-21/h3-17H,2,18H2,1H3. The Morgan fingerprint density at radius 1 is 0.767 bits per heavy atom. The van der Waals surface area contributed by atoms with Crippen molar-refractivity contribution in [2.45, 2.75) is 19.5 Å². The second kappa shape index (κ2) is 9.36. The molecule has 0 saturated heterocycles. The van der Waals surface area contributed by atoms with E-state index in [0.29, 0.717) is 15.9 Å². The lowest BCUT2D eigenvalue weighted by atomic mass is 10.3. The van der Waals surface area contributed by atoms with E-state index in [9.17, 15) is 18.0 Å². The van der Waals surface area contributed by atoms with Crippen molar-refractivity contribution < 1.29 is 22.7 Å². The lowest BCUT2D eigenvalue weighted by Crippen LogP contribution is -2.36. The zero-order valence-corrected chi connectivity index (χ0v) is 17.4. The van der Waals surface area contributed by atoms with Crippen molar-refractivity contribution in [2.24, 2.45) is 0 Å². The van der Waals surface area contributed by atoms with Crippen molar-refractivity contribution in [3.63, 3.8) is 0 Å². The van der Waals surface area contributed by atoms with Crippen molar-refractivity contribution in [3.05, 3.63) is 91.0 Å². The predicted molar refractivity (Wildman–Crippen MR) is 117 cm³/mol. The number of ether oxygens (including phenoxy) is 1. The number of carbonyl (C=O) groups excluding carboxylic acids is 1. The molecular weight excluding hydrogens is 408 g/mol. The summed E-state index contributed by atoms with van der Waals surface area (Å²) in [5, 5.41) is 1.78. The minimum absolute atomic E-state index is 0.00143. The summed E-state index contributed by atoms with van der Waals surface area (Å²) in [6.07, 6.45) is -5.90. The molecule has 0 bridgehead atoms. The monoisotopic (exact) mass is 430 g/mol. The van der Waals surface area contributed by atoms with E-state index in [1.54, 1.807) is 79.7 Å². The predicted octanol–water partition coefficient (Wildman–Crippen LogP) is 4.67. The average molecular weight is 430 g/mol. The maximum Gasteiger partial charge on any atom is 0.393 e. The lowest BCUT2D eigenvalue weighted by Gasteiger charge is -2.32. The molecule has 0 aliphatic carbocycles. The molecule has 0 atom stereocenters. The first-order chi connectivity index (χ1) is 14.4. The van der Waals surface area contributed by atoms with Gasteiger partial charge in [0, 0.05) is 0 Å². The Morgan fingerprint density at radius 3 is 1.43 bits per heavy atom. The van der Waals surface area contributed by atoms with E-state index >= 15 is 0 Å². The summed E-state index contributed by atoms with van der Waals surface area (Å²) in [7, 11) is 0. The molecule has 3 rings (SSSR count). The fraction of sp³-hybridized carbons (Fsp3) is 0.167. The third-order valence-electron chi connectivity index (χ3n) is 4.71. The molecule has 30 heavy (non-hydrogen) atoms. The Kier molecular flexibility index (Phi) is 6.84. The van der Waals surface area contributed by atoms with Crippen LogP contribution in [0.4, 0.5) is 13.2 Å². The first-order valence-corrected chi connectivity index (χ1v) is 11.3. The molecule has 0 aliphatic heterocycles. The van der Waals surface area contributed by atoms with Crippen LogP contribution >= 0.6 is 6.89 Å². The van der Waals surface area contributed by atoms with Gasteiger partial charge >= 0.3 is 12.1 Å². The number of hydrogen-bond donors (Lipinski definition) is 0. The normalized spacial score (nSPS) is 11.7. The maximum absolute atomic E-state index is 13.8. The molecule has 0 unspecified atom stereocenters. The Labute approximate surface area is 174 Å². The number of alkyl halides is 3. The zero-order valence-electron chi connectivity index (χ0n) is 16.5. The Balaban J connectivity index is 2.57. The van der Waals surface area contributed by atoms with E-state index in [-0.39, 0.29) is 11.9 Å². The highest BCUT2D eigenvalue weighted by Gasteiger charge is 2.40. The minimum Gasteiger partial charge on any atom is -0.463 e. The Hall–Kier alpha value is -2.78. The van der Waals surface area contributed by atoms with Crippen LogP contribution in [0.3, 0.4) is 0 Å². The molecular formula is C24H22F3O2P. The molecule has 3 aromatic carbocycles. The molecule has 0 N–H and O–H groups in total. The van der Waals surface area contributed by atoms with Gasteiger partial charge in [0.2, 0.25) is 0 Å². The summed E-state index contributed by atoms with van der Waals surface area (Å²) in [6.45, 7) is -1.53. The Bertz CT molecular complexity index is 927. The summed E-state index contributed by atoms with van der Waals surface area (Å²) >= 11 is 0. The second-order valence-electron chi connectivity index (χ2n) is 6.64. The smallest absolute Gasteiger partial charge is 0.393 e. The first-order valence-electron chi connectivity index (χ1n) is 9.55. The van der Waals surface area contributed by atoms with Crippen LogP contribution in [0.2, 0.25) is 0 Å². The molecule has 0 aliphatic rings. The van der Waals surface area contributed by atoms with Crippen molar-refractivity contribution in [3.8, 4) is 0 Å². The summed E-state index contributed by atoms with van der Waals surface area (Å²) in [5.74, 6) is -0.903. The van der Waals surface area contributed by atoms with Crippen molar-refractivity contribution in [1.82, 2.24) is 0 Å². The van der Waals surface area contributed by atoms with Crippen LogP contribution in [-0.4, -0.2) is 24.0 Å². The van der Waals surface area contributed by atoms with E-state index in [0.717, 1.165) is 0 Å². The van der Waals surface area contributed by atoms with E-state index in [2.05, 4.69) is 0 Å². The van der Waals surface area contributed by atoms with Gasteiger partial charge in [-0.1, -0.05) is 91.0 Å². The van der Waals surface area contributed by atoms with Crippen molar-refractivity contribution >= 4 is 34.1 Å². The van der Waals surface area contributed by atoms with Gasteiger partial charge in [-0.2, -0.15) is 13.2 Å². The second-order valence-corrected chi connectivity index (χ2v) is 10.1. The highest BCUT2D eigenvalue weighted by atomic mass is 31.2. The minimum atomic E-state index is -4.56. The highest BCUT2D eigenvalue weighted by molar-refractivity contribution is 7.96. The van der Waals surface area contributed by atoms with Crippen LogP contribution in [0.1, 0.15) is 13.3 Å². The number of halogens is 3. The number of benzene rings is 3. The number of hydrogen-bond acceptors (Lipinski definition) is 2. The summed E-state index contributed by atoms with van der Waals surface area (Å²) in [6, 6.07) is 26.9. The third kappa shape index (κ3) is 4.52. The van der Waals surface area contributed by atoms with Crippen LogP contribution in [0, 0.1) is 0 Å². The van der Waals surface area contributed by atoms with Crippen LogP contribution < -0.4 is 15.9 Å². The highest BCUT2D eigenvalue weighted by Crippen LogP contribution is 2.48. The fourth-order valence-electron chi connectivity index (χ4n) is 3.60. The van der Waals surface area contributed by atoms with Gasteiger partial charge < -0.3 is 4.74 Å². The maximum atomic E-state index is 13.8. The molecule has 2 nitrogen and oxygen atoms in total. The van der Waals surface area contributed by atoms with Gasteiger partial charge in [-0.3, -0.25) is 0 Å². The third-order valence-corrected chi connectivity index (χ3v) is 9.08. The number of esters is 1. The Morgan fingerprint density at radius 2 is 1.13 bits per heavy atom. The van der Waals surface area contributed by atoms with Gasteiger partial charge in [-0.25, -0.2) is 4.79 Å². The number of carbonyl (C=O) groups is 1.